The second-order valence-corrected chi connectivity index (χ2v) is 6.81. The largest absolute Gasteiger partial charge is 0.378 e. The number of likely N-dealkylation sites (N-methyl/N-ethyl adjacent to an activating group) is 1. The van der Waals surface area contributed by atoms with Crippen molar-refractivity contribution in [2.75, 3.05) is 32.1 Å². The predicted octanol–water partition coefficient (Wildman–Crippen LogP) is 2.53. The molecule has 0 spiro atoms. The van der Waals surface area contributed by atoms with E-state index in [9.17, 15) is 10.1 Å². The second-order valence-electron chi connectivity index (χ2n) is 6.81. The quantitative estimate of drug-likeness (QED) is 0.835. The molecule has 1 fully saturated rings. The average Bonchev–Trinajstić information content (AvgIpc) is 3.03. The van der Waals surface area contributed by atoms with E-state index in [4.69, 9.17) is 0 Å². The fraction of sp³-hybridized carbons (Fsp3) is 0.579. The summed E-state index contributed by atoms with van der Waals surface area (Å²) in [5.74, 6) is -0.0507. The van der Waals surface area contributed by atoms with E-state index < -0.39 is 5.54 Å². The standard InChI is InChI=1S/C19H28N4O/c1-4-23(13-16-7-9-17(10-8-16)22(2)3)14-18(24)21-19(15-20)11-5-6-12-19/h7-10H,4-6,11-14H2,1-3H3,(H,21,24). The Hall–Kier alpha value is -2.06. The summed E-state index contributed by atoms with van der Waals surface area (Å²) in [5.41, 5.74) is 1.71. The summed E-state index contributed by atoms with van der Waals surface area (Å²) in [7, 11) is 4.04. The Morgan fingerprint density at radius 2 is 1.88 bits per heavy atom. The molecule has 5 nitrogen and oxygen atoms in total. The van der Waals surface area contributed by atoms with Crippen LogP contribution >= 0.6 is 0 Å². The fourth-order valence-corrected chi connectivity index (χ4v) is 3.19. The summed E-state index contributed by atoms with van der Waals surface area (Å²) in [6, 6.07) is 10.7. The van der Waals surface area contributed by atoms with Gasteiger partial charge in [0.15, 0.2) is 0 Å². The zero-order valence-corrected chi connectivity index (χ0v) is 15.0. The molecule has 1 saturated carbocycles. The highest BCUT2D eigenvalue weighted by Gasteiger charge is 2.35. The average molecular weight is 328 g/mol. The van der Waals surface area contributed by atoms with Crippen LogP contribution in [-0.4, -0.2) is 43.5 Å². The minimum absolute atomic E-state index is 0.0507. The van der Waals surface area contributed by atoms with Gasteiger partial charge in [0, 0.05) is 26.3 Å². The number of carbonyl (C=O) groups is 1. The number of anilines is 1. The zero-order chi connectivity index (χ0) is 17.6. The van der Waals surface area contributed by atoms with Gasteiger partial charge in [-0.15, -0.1) is 0 Å². The Bertz CT molecular complexity index is 582. The fourth-order valence-electron chi connectivity index (χ4n) is 3.19. The topological polar surface area (TPSA) is 59.4 Å². The molecule has 1 aromatic rings. The van der Waals surface area contributed by atoms with E-state index in [-0.39, 0.29) is 5.91 Å². The number of hydrogen-bond donors (Lipinski definition) is 1. The van der Waals surface area contributed by atoms with E-state index in [0.29, 0.717) is 6.54 Å². The second kappa shape index (κ2) is 8.16. The van der Waals surface area contributed by atoms with E-state index in [2.05, 4.69) is 52.4 Å². The molecule has 130 valence electrons. The van der Waals surface area contributed by atoms with Gasteiger partial charge in [0.1, 0.15) is 5.54 Å². The normalized spacial score (nSPS) is 16.0. The number of nitrogens with zero attached hydrogens (tertiary/aromatic N) is 3. The lowest BCUT2D eigenvalue weighted by atomic mass is 10.00. The van der Waals surface area contributed by atoms with Crippen LogP contribution in [0.1, 0.15) is 38.2 Å². The number of carbonyl (C=O) groups excluding carboxylic acids is 1. The third kappa shape index (κ3) is 4.72. The van der Waals surface area contributed by atoms with Crippen molar-refractivity contribution >= 4 is 11.6 Å². The van der Waals surface area contributed by atoms with Crippen LogP contribution in [0, 0.1) is 11.3 Å². The Balaban J connectivity index is 1.91. The zero-order valence-electron chi connectivity index (χ0n) is 15.0. The van der Waals surface area contributed by atoms with Gasteiger partial charge in [-0.25, -0.2) is 0 Å². The maximum Gasteiger partial charge on any atom is 0.235 e. The van der Waals surface area contributed by atoms with Crippen LogP contribution in [0.25, 0.3) is 0 Å². The molecule has 0 unspecified atom stereocenters. The molecule has 0 bridgehead atoms. The number of nitrogens with one attached hydrogen (secondary N) is 1. The highest BCUT2D eigenvalue weighted by molar-refractivity contribution is 5.79. The van der Waals surface area contributed by atoms with Crippen molar-refractivity contribution in [1.29, 1.82) is 5.26 Å². The molecule has 24 heavy (non-hydrogen) atoms. The number of hydrogen-bond acceptors (Lipinski definition) is 4. The summed E-state index contributed by atoms with van der Waals surface area (Å²) < 4.78 is 0. The van der Waals surface area contributed by atoms with Gasteiger partial charge in [0.05, 0.1) is 12.6 Å². The molecule has 1 aliphatic rings. The molecule has 0 heterocycles. The van der Waals surface area contributed by atoms with E-state index >= 15 is 0 Å². The predicted molar refractivity (Wildman–Crippen MR) is 96.7 cm³/mol. The SMILES string of the molecule is CCN(CC(=O)NC1(C#N)CCCC1)Cc1ccc(N(C)C)cc1. The maximum absolute atomic E-state index is 12.4. The number of benzene rings is 1. The molecular weight excluding hydrogens is 300 g/mol. The Morgan fingerprint density at radius 1 is 1.25 bits per heavy atom. The lowest BCUT2D eigenvalue weighted by Crippen LogP contribution is -2.48. The van der Waals surface area contributed by atoms with Crippen LogP contribution < -0.4 is 10.2 Å². The van der Waals surface area contributed by atoms with Crippen molar-refractivity contribution in [2.24, 2.45) is 0 Å². The summed E-state index contributed by atoms with van der Waals surface area (Å²) in [6.45, 7) is 3.91. The van der Waals surface area contributed by atoms with E-state index in [1.807, 2.05) is 14.1 Å². The minimum Gasteiger partial charge on any atom is -0.378 e. The summed E-state index contributed by atoms with van der Waals surface area (Å²) in [5, 5.41) is 12.3. The third-order valence-electron chi connectivity index (χ3n) is 4.72. The first-order valence-corrected chi connectivity index (χ1v) is 8.69. The van der Waals surface area contributed by atoms with Crippen LogP contribution in [-0.2, 0) is 11.3 Å². The van der Waals surface area contributed by atoms with Crippen molar-refractivity contribution < 1.29 is 4.79 Å². The summed E-state index contributed by atoms with van der Waals surface area (Å²) in [6.07, 6.45) is 3.58. The van der Waals surface area contributed by atoms with Crippen LogP contribution in [0.3, 0.4) is 0 Å². The van der Waals surface area contributed by atoms with E-state index in [0.717, 1.165) is 44.5 Å². The molecule has 0 radical (unpaired) electrons. The monoisotopic (exact) mass is 328 g/mol. The van der Waals surface area contributed by atoms with Gasteiger partial charge >= 0.3 is 0 Å². The van der Waals surface area contributed by atoms with E-state index in [1.165, 1.54) is 5.56 Å². The maximum atomic E-state index is 12.4. The molecule has 0 aromatic heterocycles. The van der Waals surface area contributed by atoms with Crippen molar-refractivity contribution in [1.82, 2.24) is 10.2 Å². The Morgan fingerprint density at radius 3 is 2.38 bits per heavy atom. The summed E-state index contributed by atoms with van der Waals surface area (Å²) in [4.78, 5) is 16.5. The molecule has 1 aliphatic carbocycles. The smallest absolute Gasteiger partial charge is 0.235 e. The molecular formula is C19H28N4O. The molecule has 1 aromatic carbocycles. The molecule has 0 saturated heterocycles. The van der Waals surface area contributed by atoms with Gasteiger partial charge < -0.3 is 10.2 Å². The summed E-state index contributed by atoms with van der Waals surface area (Å²) >= 11 is 0. The molecule has 5 heteroatoms. The number of rotatable bonds is 7. The number of nitriles is 1. The lowest BCUT2D eigenvalue weighted by Gasteiger charge is -2.25. The molecule has 0 aliphatic heterocycles. The van der Waals surface area contributed by atoms with Gasteiger partial charge in [0.25, 0.3) is 0 Å². The first kappa shape index (κ1) is 18.3. The highest BCUT2D eigenvalue weighted by atomic mass is 16.2. The van der Waals surface area contributed by atoms with Crippen molar-refractivity contribution in [3.63, 3.8) is 0 Å². The van der Waals surface area contributed by atoms with Gasteiger partial charge in [-0.3, -0.25) is 9.69 Å². The third-order valence-corrected chi connectivity index (χ3v) is 4.72. The Labute approximate surface area is 145 Å². The lowest BCUT2D eigenvalue weighted by molar-refractivity contribution is -0.123. The van der Waals surface area contributed by atoms with Crippen molar-refractivity contribution in [2.45, 2.75) is 44.7 Å². The first-order valence-electron chi connectivity index (χ1n) is 8.69. The molecule has 0 atom stereocenters. The minimum atomic E-state index is -0.635. The van der Waals surface area contributed by atoms with E-state index in [1.54, 1.807) is 0 Å². The van der Waals surface area contributed by atoms with Crippen LogP contribution in [0.2, 0.25) is 0 Å². The molecule has 1 N–H and O–H groups in total. The van der Waals surface area contributed by atoms with Crippen molar-refractivity contribution in [3.05, 3.63) is 29.8 Å². The van der Waals surface area contributed by atoms with Gasteiger partial charge in [-0.2, -0.15) is 5.26 Å². The van der Waals surface area contributed by atoms with Gasteiger partial charge in [-0.05, 0) is 49.9 Å². The Kier molecular flexibility index (Phi) is 6.22. The van der Waals surface area contributed by atoms with Crippen molar-refractivity contribution in [3.8, 4) is 6.07 Å². The van der Waals surface area contributed by atoms with Gasteiger partial charge in [0.2, 0.25) is 5.91 Å². The van der Waals surface area contributed by atoms with Crippen LogP contribution in [0.5, 0.6) is 0 Å². The number of amides is 1. The molecule has 2 rings (SSSR count). The molecule has 1 amide bonds. The first-order chi connectivity index (χ1) is 11.5. The van der Waals surface area contributed by atoms with Crippen LogP contribution in [0.15, 0.2) is 24.3 Å². The highest BCUT2D eigenvalue weighted by Crippen LogP contribution is 2.28. The van der Waals surface area contributed by atoms with Gasteiger partial charge in [-0.1, -0.05) is 19.1 Å². The van der Waals surface area contributed by atoms with Crippen LogP contribution in [0.4, 0.5) is 5.69 Å².